The molecule has 0 spiro atoms. The van der Waals surface area contributed by atoms with Crippen molar-refractivity contribution >= 4 is 41.0 Å². The molecule has 0 heterocycles. The van der Waals surface area contributed by atoms with Crippen molar-refractivity contribution in [3.05, 3.63) is 33.8 Å². The molecule has 0 bridgehead atoms. The molecule has 26 heavy (non-hydrogen) atoms. The average molecular weight is 398 g/mol. The highest BCUT2D eigenvalue weighted by Gasteiger charge is 2.43. The van der Waals surface area contributed by atoms with Crippen LogP contribution in [0.2, 0.25) is 10.0 Å². The minimum Gasteiger partial charge on any atom is -0.454 e. The van der Waals surface area contributed by atoms with Gasteiger partial charge in [0.15, 0.2) is 6.61 Å². The Morgan fingerprint density at radius 2 is 2.00 bits per heavy atom. The second kappa shape index (κ2) is 8.39. The summed E-state index contributed by atoms with van der Waals surface area (Å²) in [5.41, 5.74) is -0.717. The molecular formula is C17H17Cl2N3O4. The standard InChI is InChI=1S/C17H17Cl2N3O4/c1-17(9-20,11-3-4-11)22-14(23)8-26-15(24)7-21-16(25)10-2-5-12(18)13(19)6-10/h2,5-6,11H,3-4,7-8H2,1H3,(H,21,25)(H,22,23)/t17-/m0/s1. The maximum Gasteiger partial charge on any atom is 0.325 e. The third-order valence-corrected chi connectivity index (χ3v) is 4.70. The molecule has 2 N–H and O–H groups in total. The number of nitriles is 1. The van der Waals surface area contributed by atoms with E-state index in [4.69, 9.17) is 27.9 Å². The number of nitrogens with one attached hydrogen (secondary N) is 2. The van der Waals surface area contributed by atoms with Crippen molar-refractivity contribution in [1.29, 1.82) is 5.26 Å². The number of nitrogens with zero attached hydrogens (tertiary/aromatic N) is 1. The van der Waals surface area contributed by atoms with Gasteiger partial charge in [-0.15, -0.1) is 0 Å². The molecule has 1 aliphatic carbocycles. The SMILES string of the molecule is C[C@@](C#N)(NC(=O)COC(=O)CNC(=O)c1ccc(Cl)c(Cl)c1)C1CC1. The normalized spacial score (nSPS) is 15.3. The van der Waals surface area contributed by atoms with Crippen LogP contribution in [-0.2, 0) is 14.3 Å². The Bertz CT molecular complexity index is 774. The van der Waals surface area contributed by atoms with Gasteiger partial charge in [0.2, 0.25) is 0 Å². The number of rotatable bonds is 7. The molecule has 2 rings (SSSR count). The van der Waals surface area contributed by atoms with Crippen LogP contribution in [0.25, 0.3) is 0 Å². The van der Waals surface area contributed by atoms with E-state index < -0.39 is 36.5 Å². The molecule has 0 aromatic heterocycles. The highest BCUT2D eigenvalue weighted by Crippen LogP contribution is 2.39. The van der Waals surface area contributed by atoms with Gasteiger partial charge in [-0.3, -0.25) is 14.4 Å². The Balaban J connectivity index is 1.74. The summed E-state index contributed by atoms with van der Waals surface area (Å²) in [5.74, 6) is -1.75. The summed E-state index contributed by atoms with van der Waals surface area (Å²) < 4.78 is 4.80. The van der Waals surface area contributed by atoms with Crippen LogP contribution in [0.15, 0.2) is 18.2 Å². The molecule has 1 fully saturated rings. The van der Waals surface area contributed by atoms with E-state index in [1.54, 1.807) is 6.92 Å². The van der Waals surface area contributed by atoms with E-state index in [0.29, 0.717) is 5.02 Å². The smallest absolute Gasteiger partial charge is 0.325 e. The lowest BCUT2D eigenvalue weighted by Crippen LogP contribution is -2.48. The van der Waals surface area contributed by atoms with Crippen LogP contribution >= 0.6 is 23.2 Å². The number of carbonyl (C=O) groups excluding carboxylic acids is 3. The van der Waals surface area contributed by atoms with Crippen LogP contribution in [0.3, 0.4) is 0 Å². The summed E-state index contributed by atoms with van der Waals surface area (Å²) in [5, 5.41) is 14.6. The van der Waals surface area contributed by atoms with Gasteiger partial charge in [-0.05, 0) is 43.9 Å². The molecule has 1 atom stereocenters. The molecule has 0 radical (unpaired) electrons. The Hall–Kier alpha value is -2.30. The van der Waals surface area contributed by atoms with Gasteiger partial charge in [0.25, 0.3) is 11.8 Å². The number of hydrogen-bond donors (Lipinski definition) is 2. The van der Waals surface area contributed by atoms with Crippen molar-refractivity contribution < 1.29 is 19.1 Å². The first-order valence-corrected chi connectivity index (χ1v) is 8.62. The highest BCUT2D eigenvalue weighted by molar-refractivity contribution is 6.42. The quantitative estimate of drug-likeness (QED) is 0.684. The van der Waals surface area contributed by atoms with Crippen molar-refractivity contribution in [2.75, 3.05) is 13.2 Å². The fourth-order valence-corrected chi connectivity index (χ4v) is 2.59. The van der Waals surface area contributed by atoms with E-state index in [1.165, 1.54) is 18.2 Å². The lowest BCUT2D eigenvalue weighted by atomic mass is 9.98. The number of carbonyl (C=O) groups is 3. The van der Waals surface area contributed by atoms with Crippen LogP contribution in [0.4, 0.5) is 0 Å². The van der Waals surface area contributed by atoms with Crippen LogP contribution in [0, 0.1) is 17.2 Å². The monoisotopic (exact) mass is 397 g/mol. The van der Waals surface area contributed by atoms with E-state index in [9.17, 15) is 19.6 Å². The molecule has 0 aliphatic heterocycles. The van der Waals surface area contributed by atoms with Crippen molar-refractivity contribution in [2.45, 2.75) is 25.3 Å². The molecule has 2 amide bonds. The van der Waals surface area contributed by atoms with E-state index in [1.807, 2.05) is 0 Å². The van der Waals surface area contributed by atoms with Gasteiger partial charge in [0, 0.05) is 5.56 Å². The van der Waals surface area contributed by atoms with Crippen LogP contribution in [0.1, 0.15) is 30.1 Å². The summed E-state index contributed by atoms with van der Waals surface area (Å²) in [6, 6.07) is 6.38. The largest absolute Gasteiger partial charge is 0.454 e. The summed E-state index contributed by atoms with van der Waals surface area (Å²) in [6.45, 7) is 0.706. The van der Waals surface area contributed by atoms with Gasteiger partial charge in [0.05, 0.1) is 16.1 Å². The molecule has 1 aromatic carbocycles. The first-order valence-electron chi connectivity index (χ1n) is 7.86. The Morgan fingerprint density at radius 1 is 1.31 bits per heavy atom. The van der Waals surface area contributed by atoms with Crippen LogP contribution < -0.4 is 10.6 Å². The van der Waals surface area contributed by atoms with Gasteiger partial charge in [-0.2, -0.15) is 5.26 Å². The fraction of sp³-hybridized carbons (Fsp3) is 0.412. The number of halogens is 2. The summed E-state index contributed by atoms with van der Waals surface area (Å²) in [7, 11) is 0. The first kappa shape index (κ1) is 20.0. The van der Waals surface area contributed by atoms with Crippen LogP contribution in [-0.4, -0.2) is 36.5 Å². The number of hydrogen-bond acceptors (Lipinski definition) is 5. The number of esters is 1. The molecule has 9 heteroatoms. The zero-order chi connectivity index (χ0) is 19.3. The number of benzene rings is 1. The molecule has 1 saturated carbocycles. The first-order chi connectivity index (χ1) is 12.2. The zero-order valence-electron chi connectivity index (χ0n) is 14.0. The van der Waals surface area contributed by atoms with Crippen molar-refractivity contribution in [3.8, 4) is 6.07 Å². The molecule has 0 unspecified atom stereocenters. The topological polar surface area (TPSA) is 108 Å². The molecule has 138 valence electrons. The molecule has 0 saturated heterocycles. The second-order valence-corrected chi connectivity index (χ2v) is 6.92. The second-order valence-electron chi connectivity index (χ2n) is 6.11. The van der Waals surface area contributed by atoms with Crippen molar-refractivity contribution in [1.82, 2.24) is 10.6 Å². The lowest BCUT2D eigenvalue weighted by Gasteiger charge is -2.22. The van der Waals surface area contributed by atoms with E-state index in [-0.39, 0.29) is 16.5 Å². The Labute approximate surface area is 160 Å². The van der Waals surface area contributed by atoms with Crippen molar-refractivity contribution in [2.24, 2.45) is 5.92 Å². The average Bonchev–Trinajstić information content (AvgIpc) is 3.45. The van der Waals surface area contributed by atoms with E-state index in [2.05, 4.69) is 16.7 Å². The third kappa shape index (κ3) is 5.35. The maximum atomic E-state index is 11.9. The summed E-state index contributed by atoms with van der Waals surface area (Å²) >= 11 is 11.6. The van der Waals surface area contributed by atoms with Crippen molar-refractivity contribution in [3.63, 3.8) is 0 Å². The molecule has 1 aromatic rings. The summed E-state index contributed by atoms with van der Waals surface area (Å²) in [4.78, 5) is 35.4. The van der Waals surface area contributed by atoms with Gasteiger partial charge >= 0.3 is 5.97 Å². The zero-order valence-corrected chi connectivity index (χ0v) is 15.5. The summed E-state index contributed by atoms with van der Waals surface area (Å²) in [6.07, 6.45) is 1.76. The Kier molecular flexibility index (Phi) is 6.46. The van der Waals surface area contributed by atoms with Crippen LogP contribution in [0.5, 0.6) is 0 Å². The fourth-order valence-electron chi connectivity index (χ4n) is 2.30. The third-order valence-electron chi connectivity index (χ3n) is 3.96. The predicted octanol–water partition coefficient (Wildman–Crippen LogP) is 2.07. The van der Waals surface area contributed by atoms with E-state index >= 15 is 0 Å². The molecule has 7 nitrogen and oxygen atoms in total. The Morgan fingerprint density at radius 3 is 2.58 bits per heavy atom. The number of ether oxygens (including phenoxy) is 1. The molecular weight excluding hydrogens is 381 g/mol. The van der Waals surface area contributed by atoms with Gasteiger partial charge in [0.1, 0.15) is 12.1 Å². The lowest BCUT2D eigenvalue weighted by molar-refractivity contribution is -0.147. The van der Waals surface area contributed by atoms with E-state index in [0.717, 1.165) is 12.8 Å². The number of amides is 2. The molecule has 1 aliphatic rings. The minimum absolute atomic E-state index is 0.123. The minimum atomic E-state index is -0.953. The highest BCUT2D eigenvalue weighted by atomic mass is 35.5. The maximum absolute atomic E-state index is 11.9. The van der Waals surface area contributed by atoms with Gasteiger partial charge in [-0.1, -0.05) is 23.2 Å². The van der Waals surface area contributed by atoms with Gasteiger partial charge < -0.3 is 15.4 Å². The predicted molar refractivity (Wildman–Crippen MR) is 94.6 cm³/mol. The van der Waals surface area contributed by atoms with Gasteiger partial charge in [-0.25, -0.2) is 0 Å².